The molecule has 1 aromatic heterocycles. The molecular weight excluding hydrogens is 342 g/mol. The number of rotatable bonds is 4. The van der Waals surface area contributed by atoms with Gasteiger partial charge in [-0.05, 0) is 19.4 Å². The number of fused-ring (bicyclic) bond motifs is 1. The van der Waals surface area contributed by atoms with Gasteiger partial charge in [0.05, 0.1) is 37.8 Å². The monoisotopic (exact) mass is 369 g/mol. The molecule has 0 radical (unpaired) electrons. The van der Waals surface area contributed by atoms with Crippen LogP contribution in [0.15, 0.2) is 23.2 Å². The van der Waals surface area contributed by atoms with Gasteiger partial charge in [-0.15, -0.1) is 0 Å². The minimum Gasteiger partial charge on any atom is -0.379 e. The van der Waals surface area contributed by atoms with Crippen LogP contribution in [-0.2, 0) is 4.74 Å². The van der Waals surface area contributed by atoms with Gasteiger partial charge in [0.1, 0.15) is 0 Å². The summed E-state index contributed by atoms with van der Waals surface area (Å²) in [6.07, 6.45) is 0. The molecule has 1 saturated heterocycles. The molecule has 0 aliphatic carbocycles. The molecule has 0 bridgehead atoms. The van der Waals surface area contributed by atoms with Gasteiger partial charge in [-0.25, -0.2) is 15.0 Å². The molecule has 8 heteroatoms. The predicted octanol–water partition coefficient (Wildman–Crippen LogP) is 1.17. The number of nitrogens with zero attached hydrogens (tertiary/aromatic N) is 5. The Hall–Kier alpha value is -2.29. The topological polar surface area (TPSA) is 77.9 Å². The number of anilines is 1. The summed E-state index contributed by atoms with van der Waals surface area (Å²) in [5.41, 5.74) is 3.10. The second kappa shape index (κ2) is 8.16. The molecule has 2 aliphatic heterocycles. The van der Waals surface area contributed by atoms with Crippen LogP contribution in [0.1, 0.15) is 11.3 Å². The molecule has 0 amide bonds. The first kappa shape index (κ1) is 18.1. The average Bonchev–Trinajstić information content (AvgIpc) is 2.69. The Morgan fingerprint density at radius 2 is 1.93 bits per heavy atom. The van der Waals surface area contributed by atoms with Crippen molar-refractivity contribution in [3.8, 4) is 0 Å². The van der Waals surface area contributed by atoms with Crippen LogP contribution in [0.25, 0.3) is 10.9 Å². The lowest BCUT2D eigenvalue weighted by Crippen LogP contribution is -2.49. The second-order valence-corrected chi connectivity index (χ2v) is 7.06. The Labute approximate surface area is 159 Å². The number of morpholine rings is 1. The fourth-order valence-corrected chi connectivity index (χ4v) is 3.42. The van der Waals surface area contributed by atoms with E-state index >= 15 is 0 Å². The van der Waals surface area contributed by atoms with Crippen LogP contribution < -0.4 is 10.6 Å². The van der Waals surface area contributed by atoms with E-state index in [1.807, 2.05) is 13.0 Å². The molecule has 144 valence electrons. The summed E-state index contributed by atoms with van der Waals surface area (Å²) >= 11 is 0. The number of hydrogen-bond acceptors (Lipinski definition) is 8. The molecule has 27 heavy (non-hydrogen) atoms. The number of aliphatic imine (C=N–C) groups is 1. The highest BCUT2D eigenvalue weighted by atomic mass is 16.5. The lowest BCUT2D eigenvalue weighted by atomic mass is 10.1. The number of ether oxygens (including phenoxy) is 1. The van der Waals surface area contributed by atoms with E-state index in [0.29, 0.717) is 12.6 Å². The van der Waals surface area contributed by atoms with Crippen LogP contribution in [-0.4, -0.2) is 78.5 Å². The average molecular weight is 369 g/mol. The van der Waals surface area contributed by atoms with Gasteiger partial charge < -0.3 is 10.1 Å². The standard InChI is InChI=1S/C19H27N7O/c1-14-4-3-5-16-15(2)22-19(23-17(14)16)24-18-20-12-26(13-21-18)7-6-25-8-10-27-11-9-25/h3-5H,6-13H2,1-2H3,(H2,20,21,22,23,24). The third-order valence-electron chi connectivity index (χ3n) is 5.08. The number of benzene rings is 1. The van der Waals surface area contributed by atoms with Gasteiger partial charge in [0.2, 0.25) is 11.9 Å². The van der Waals surface area contributed by atoms with Gasteiger partial charge in [-0.3, -0.25) is 15.1 Å². The lowest BCUT2D eigenvalue weighted by molar-refractivity contribution is 0.0331. The molecule has 2 N–H and O–H groups in total. The summed E-state index contributed by atoms with van der Waals surface area (Å²) in [6, 6.07) is 6.17. The molecule has 0 saturated carbocycles. The van der Waals surface area contributed by atoms with Crippen molar-refractivity contribution in [2.24, 2.45) is 4.99 Å². The summed E-state index contributed by atoms with van der Waals surface area (Å²) in [4.78, 5) is 18.6. The molecule has 2 aliphatic rings. The van der Waals surface area contributed by atoms with Crippen LogP contribution in [0.3, 0.4) is 0 Å². The van der Waals surface area contributed by atoms with Crippen molar-refractivity contribution in [1.29, 1.82) is 0 Å². The largest absolute Gasteiger partial charge is 0.379 e. The van der Waals surface area contributed by atoms with Gasteiger partial charge in [-0.2, -0.15) is 0 Å². The predicted molar refractivity (Wildman–Crippen MR) is 107 cm³/mol. The summed E-state index contributed by atoms with van der Waals surface area (Å²) in [5.74, 6) is 1.31. The quantitative estimate of drug-likeness (QED) is 0.837. The zero-order chi connectivity index (χ0) is 18.6. The minimum atomic E-state index is 0.585. The number of aryl methyl sites for hydroxylation is 2. The molecule has 8 nitrogen and oxygen atoms in total. The number of guanidine groups is 1. The van der Waals surface area contributed by atoms with Crippen molar-refractivity contribution in [2.75, 3.05) is 58.0 Å². The highest BCUT2D eigenvalue weighted by molar-refractivity contribution is 5.93. The second-order valence-electron chi connectivity index (χ2n) is 7.06. The smallest absolute Gasteiger partial charge is 0.230 e. The third kappa shape index (κ3) is 4.35. The number of aromatic nitrogens is 2. The Balaban J connectivity index is 1.36. The van der Waals surface area contributed by atoms with Crippen LogP contribution in [0.4, 0.5) is 5.95 Å². The Bertz CT molecular complexity index is 832. The maximum absolute atomic E-state index is 5.40. The first-order valence-corrected chi connectivity index (χ1v) is 9.51. The normalized spacial score (nSPS) is 19.0. The SMILES string of the molecule is Cc1nc(NC2=NCN(CCN3CCOCC3)CN2)nc2c(C)cccc12. The molecule has 0 atom stereocenters. The van der Waals surface area contributed by atoms with Crippen LogP contribution >= 0.6 is 0 Å². The highest BCUT2D eigenvalue weighted by Gasteiger charge is 2.16. The van der Waals surface area contributed by atoms with Crippen LogP contribution in [0.2, 0.25) is 0 Å². The molecule has 4 rings (SSSR count). The number of hydrogen-bond donors (Lipinski definition) is 2. The van der Waals surface area contributed by atoms with Gasteiger partial charge in [0.15, 0.2) is 0 Å². The van der Waals surface area contributed by atoms with Crippen molar-refractivity contribution in [1.82, 2.24) is 25.1 Å². The Morgan fingerprint density at radius 1 is 1.11 bits per heavy atom. The van der Waals surface area contributed by atoms with Crippen molar-refractivity contribution in [3.05, 3.63) is 29.5 Å². The van der Waals surface area contributed by atoms with E-state index in [9.17, 15) is 0 Å². The van der Waals surface area contributed by atoms with E-state index < -0.39 is 0 Å². The van der Waals surface area contributed by atoms with E-state index in [0.717, 1.165) is 74.2 Å². The summed E-state index contributed by atoms with van der Waals surface area (Å²) in [7, 11) is 0. The maximum atomic E-state index is 5.40. The minimum absolute atomic E-state index is 0.585. The van der Waals surface area contributed by atoms with Crippen molar-refractivity contribution < 1.29 is 4.74 Å². The lowest BCUT2D eigenvalue weighted by Gasteiger charge is -2.31. The first-order valence-electron chi connectivity index (χ1n) is 9.51. The molecule has 0 spiro atoms. The van der Waals surface area contributed by atoms with E-state index in [4.69, 9.17) is 4.74 Å². The maximum Gasteiger partial charge on any atom is 0.230 e. The van der Waals surface area contributed by atoms with Crippen molar-refractivity contribution in [2.45, 2.75) is 13.8 Å². The summed E-state index contributed by atoms with van der Waals surface area (Å²) in [5, 5.41) is 7.65. The van der Waals surface area contributed by atoms with Gasteiger partial charge >= 0.3 is 0 Å². The van der Waals surface area contributed by atoms with Crippen molar-refractivity contribution in [3.63, 3.8) is 0 Å². The zero-order valence-electron chi connectivity index (χ0n) is 16.0. The van der Waals surface area contributed by atoms with E-state index in [1.54, 1.807) is 0 Å². The summed E-state index contributed by atoms with van der Waals surface area (Å²) in [6.45, 7) is 11.3. The summed E-state index contributed by atoms with van der Waals surface area (Å²) < 4.78 is 5.40. The van der Waals surface area contributed by atoms with Gasteiger partial charge in [-0.1, -0.05) is 18.2 Å². The van der Waals surface area contributed by atoms with E-state index in [-0.39, 0.29) is 0 Å². The molecule has 3 heterocycles. The number of para-hydroxylation sites is 1. The fourth-order valence-electron chi connectivity index (χ4n) is 3.42. The molecule has 2 aromatic rings. The molecule has 1 fully saturated rings. The van der Waals surface area contributed by atoms with Crippen LogP contribution in [0.5, 0.6) is 0 Å². The van der Waals surface area contributed by atoms with Gasteiger partial charge in [0, 0.05) is 31.6 Å². The first-order chi connectivity index (χ1) is 13.2. The molecular formula is C19H27N7O. The van der Waals surface area contributed by atoms with E-state index in [2.05, 4.69) is 54.5 Å². The van der Waals surface area contributed by atoms with E-state index in [1.165, 1.54) is 0 Å². The Morgan fingerprint density at radius 3 is 2.70 bits per heavy atom. The van der Waals surface area contributed by atoms with Crippen molar-refractivity contribution >= 4 is 22.8 Å². The number of nitrogens with one attached hydrogen (secondary N) is 2. The fraction of sp³-hybridized carbons (Fsp3) is 0.526. The molecule has 1 aromatic carbocycles. The Kier molecular flexibility index (Phi) is 5.47. The highest BCUT2D eigenvalue weighted by Crippen LogP contribution is 2.20. The van der Waals surface area contributed by atoms with Gasteiger partial charge in [0.25, 0.3) is 0 Å². The third-order valence-corrected chi connectivity index (χ3v) is 5.08. The zero-order valence-corrected chi connectivity index (χ0v) is 16.0. The van der Waals surface area contributed by atoms with Crippen LogP contribution in [0, 0.1) is 13.8 Å². The molecule has 0 unspecified atom stereocenters.